The van der Waals surface area contributed by atoms with E-state index in [1.54, 1.807) is 20.8 Å². The second-order valence-corrected chi connectivity index (χ2v) is 6.29. The number of hydrogen-bond donors (Lipinski definition) is 3. The van der Waals surface area contributed by atoms with Crippen LogP contribution >= 0.6 is 0 Å². The van der Waals surface area contributed by atoms with Gasteiger partial charge in [-0.15, -0.1) is 13.2 Å². The van der Waals surface area contributed by atoms with E-state index in [2.05, 4.69) is 15.4 Å². The molecule has 0 bridgehead atoms. The van der Waals surface area contributed by atoms with Crippen molar-refractivity contribution in [2.24, 2.45) is 0 Å². The zero-order valence-electron chi connectivity index (χ0n) is 14.5. The number of benzene rings is 1. The normalized spacial score (nSPS) is 12.9. The molecule has 2 amide bonds. The Balaban J connectivity index is 2.54. The van der Waals surface area contributed by atoms with E-state index in [0.717, 1.165) is 12.1 Å². The van der Waals surface area contributed by atoms with Crippen molar-refractivity contribution in [1.29, 1.82) is 0 Å². The fourth-order valence-electron chi connectivity index (χ4n) is 1.77. The van der Waals surface area contributed by atoms with E-state index in [1.807, 2.05) is 0 Å². The van der Waals surface area contributed by atoms with Crippen molar-refractivity contribution in [2.45, 2.75) is 45.3 Å². The van der Waals surface area contributed by atoms with Crippen molar-refractivity contribution >= 4 is 12.0 Å². The monoisotopic (exact) mass is 378 g/mol. The van der Waals surface area contributed by atoms with Gasteiger partial charge in [0.2, 0.25) is 5.91 Å². The largest absolute Gasteiger partial charge is 0.573 e. The van der Waals surface area contributed by atoms with E-state index in [4.69, 9.17) is 4.74 Å². The minimum Gasteiger partial charge on any atom is -0.444 e. The third-order valence-electron chi connectivity index (χ3n) is 2.81. The number of amides is 2. The van der Waals surface area contributed by atoms with Crippen LogP contribution in [0.2, 0.25) is 0 Å². The van der Waals surface area contributed by atoms with Crippen molar-refractivity contribution in [2.75, 3.05) is 6.61 Å². The van der Waals surface area contributed by atoms with Crippen LogP contribution in [0.25, 0.3) is 0 Å². The zero-order chi connectivity index (χ0) is 20.0. The molecule has 0 aliphatic carbocycles. The highest BCUT2D eigenvalue weighted by atomic mass is 19.4. The average molecular weight is 378 g/mol. The number of rotatable bonds is 6. The molecule has 0 saturated heterocycles. The number of aliphatic hydroxyl groups excluding tert-OH is 1. The molecule has 1 unspecified atom stereocenters. The zero-order valence-corrected chi connectivity index (χ0v) is 14.5. The summed E-state index contributed by atoms with van der Waals surface area (Å²) in [5, 5.41) is 13.9. The van der Waals surface area contributed by atoms with Gasteiger partial charge in [-0.1, -0.05) is 12.1 Å². The van der Waals surface area contributed by atoms with Gasteiger partial charge in [0.15, 0.2) is 0 Å². The van der Waals surface area contributed by atoms with Crippen LogP contribution in [-0.4, -0.2) is 41.7 Å². The van der Waals surface area contributed by atoms with Crippen LogP contribution in [0, 0.1) is 0 Å². The van der Waals surface area contributed by atoms with Gasteiger partial charge < -0.3 is 25.2 Å². The van der Waals surface area contributed by atoms with Crippen molar-refractivity contribution < 1.29 is 37.3 Å². The number of carbonyl (C=O) groups is 2. The molecule has 0 radical (unpaired) electrons. The summed E-state index contributed by atoms with van der Waals surface area (Å²) >= 11 is 0. The lowest BCUT2D eigenvalue weighted by atomic mass is 10.2. The van der Waals surface area contributed by atoms with E-state index in [0.29, 0.717) is 5.56 Å². The third kappa shape index (κ3) is 8.56. The van der Waals surface area contributed by atoms with Crippen molar-refractivity contribution in [3.05, 3.63) is 29.8 Å². The van der Waals surface area contributed by atoms with Gasteiger partial charge in [0.25, 0.3) is 0 Å². The van der Waals surface area contributed by atoms with Crippen LogP contribution in [0.1, 0.15) is 26.3 Å². The fraction of sp³-hybridized carbons (Fsp3) is 0.500. The summed E-state index contributed by atoms with van der Waals surface area (Å²) in [5.41, 5.74) is -0.261. The molecule has 0 aromatic heterocycles. The number of aliphatic hydroxyl groups is 1. The van der Waals surface area contributed by atoms with Gasteiger partial charge in [0, 0.05) is 6.54 Å². The van der Waals surface area contributed by atoms with Gasteiger partial charge in [0.1, 0.15) is 17.4 Å². The molecule has 1 aromatic carbocycles. The Hall–Kier alpha value is -2.49. The highest BCUT2D eigenvalue weighted by molar-refractivity contribution is 5.85. The number of carbonyl (C=O) groups excluding carboxylic acids is 2. The van der Waals surface area contributed by atoms with Gasteiger partial charge in [0.05, 0.1) is 6.61 Å². The highest BCUT2D eigenvalue weighted by Gasteiger charge is 2.31. The second kappa shape index (κ2) is 8.75. The van der Waals surface area contributed by atoms with Crippen LogP contribution in [0.15, 0.2) is 24.3 Å². The predicted octanol–water partition coefficient (Wildman–Crippen LogP) is 2.09. The standard InChI is InChI=1S/C16H21F3N2O5/c1-15(2,3)26-14(24)21-12(9-22)13(23)20-8-10-4-6-11(7-5-10)25-16(17,18)19/h4-7,12,22H,8-9H2,1-3H3,(H,20,23)(H,21,24). The van der Waals surface area contributed by atoms with Gasteiger partial charge in [-0.2, -0.15) is 0 Å². The minimum absolute atomic E-state index is 0.0162. The number of nitrogens with one attached hydrogen (secondary N) is 2. The Labute approximate surface area is 148 Å². The van der Waals surface area contributed by atoms with Gasteiger partial charge >= 0.3 is 12.5 Å². The molecule has 0 aliphatic heterocycles. The molecule has 0 aliphatic rings. The second-order valence-electron chi connectivity index (χ2n) is 6.29. The maximum absolute atomic E-state index is 12.1. The molecule has 7 nitrogen and oxygen atoms in total. The molecular formula is C16H21F3N2O5. The van der Waals surface area contributed by atoms with Crippen molar-refractivity contribution in [3.8, 4) is 5.75 Å². The number of ether oxygens (including phenoxy) is 2. The van der Waals surface area contributed by atoms with E-state index >= 15 is 0 Å². The van der Waals surface area contributed by atoms with Gasteiger partial charge in [-0.3, -0.25) is 4.79 Å². The van der Waals surface area contributed by atoms with Crippen LogP contribution in [0.4, 0.5) is 18.0 Å². The molecule has 1 aromatic rings. The summed E-state index contributed by atoms with van der Waals surface area (Å²) in [4.78, 5) is 23.6. The summed E-state index contributed by atoms with van der Waals surface area (Å²) in [7, 11) is 0. The van der Waals surface area contributed by atoms with Crippen LogP contribution in [0.3, 0.4) is 0 Å². The number of hydrogen-bond acceptors (Lipinski definition) is 5. The third-order valence-corrected chi connectivity index (χ3v) is 2.81. The molecule has 0 saturated carbocycles. The first-order chi connectivity index (χ1) is 11.9. The first-order valence-corrected chi connectivity index (χ1v) is 7.62. The average Bonchev–Trinajstić information content (AvgIpc) is 2.48. The van der Waals surface area contributed by atoms with E-state index in [1.165, 1.54) is 12.1 Å². The molecule has 3 N–H and O–H groups in total. The number of alkyl halides is 3. The number of alkyl carbamates (subject to hydrolysis) is 1. The van der Waals surface area contributed by atoms with Gasteiger partial charge in [-0.05, 0) is 38.5 Å². The quantitative estimate of drug-likeness (QED) is 0.704. The Kier molecular flexibility index (Phi) is 7.25. The van der Waals surface area contributed by atoms with Crippen molar-refractivity contribution in [1.82, 2.24) is 10.6 Å². The topological polar surface area (TPSA) is 96.9 Å². The predicted molar refractivity (Wildman–Crippen MR) is 85.2 cm³/mol. The molecule has 1 atom stereocenters. The lowest BCUT2D eigenvalue weighted by molar-refractivity contribution is -0.274. The summed E-state index contributed by atoms with van der Waals surface area (Å²) in [5.74, 6) is -1.05. The lowest BCUT2D eigenvalue weighted by Gasteiger charge is -2.22. The minimum atomic E-state index is -4.78. The molecule has 26 heavy (non-hydrogen) atoms. The lowest BCUT2D eigenvalue weighted by Crippen LogP contribution is -2.49. The van der Waals surface area contributed by atoms with Crippen molar-refractivity contribution in [3.63, 3.8) is 0 Å². The van der Waals surface area contributed by atoms with Gasteiger partial charge in [-0.25, -0.2) is 4.79 Å². The summed E-state index contributed by atoms with van der Waals surface area (Å²) < 4.78 is 45.0. The summed E-state index contributed by atoms with van der Waals surface area (Å²) in [6.07, 6.45) is -5.64. The fourth-order valence-corrected chi connectivity index (χ4v) is 1.77. The molecule has 146 valence electrons. The first-order valence-electron chi connectivity index (χ1n) is 7.62. The number of halogens is 3. The Morgan fingerprint density at radius 2 is 1.73 bits per heavy atom. The van der Waals surface area contributed by atoms with Crippen LogP contribution in [-0.2, 0) is 16.1 Å². The maximum Gasteiger partial charge on any atom is 0.573 e. The molecule has 0 spiro atoms. The smallest absolute Gasteiger partial charge is 0.444 e. The summed E-state index contributed by atoms with van der Waals surface area (Å²) in [6.45, 7) is 4.27. The Bertz CT molecular complexity index is 612. The SMILES string of the molecule is CC(C)(C)OC(=O)NC(CO)C(=O)NCc1ccc(OC(F)(F)F)cc1. The molecule has 10 heteroatoms. The van der Waals surface area contributed by atoms with Crippen LogP contribution < -0.4 is 15.4 Å². The van der Waals surface area contributed by atoms with E-state index in [-0.39, 0.29) is 12.3 Å². The molecular weight excluding hydrogens is 357 g/mol. The van der Waals surface area contributed by atoms with E-state index < -0.39 is 36.6 Å². The van der Waals surface area contributed by atoms with Crippen LogP contribution in [0.5, 0.6) is 5.75 Å². The molecule has 1 rings (SSSR count). The summed E-state index contributed by atoms with van der Waals surface area (Å²) in [6, 6.07) is 3.68. The first kappa shape index (κ1) is 21.6. The maximum atomic E-state index is 12.1. The molecule has 0 fully saturated rings. The highest BCUT2D eigenvalue weighted by Crippen LogP contribution is 2.22. The molecule has 0 heterocycles. The van der Waals surface area contributed by atoms with E-state index in [9.17, 15) is 27.9 Å². The Morgan fingerprint density at radius 1 is 1.15 bits per heavy atom. The Morgan fingerprint density at radius 3 is 2.19 bits per heavy atom.